The number of thiocarbonyl (C=S) groups is 1. The minimum atomic E-state index is 0. The number of hydrogen-bond acceptors (Lipinski definition) is 4. The van der Waals surface area contributed by atoms with Crippen molar-refractivity contribution in [1.29, 1.82) is 0 Å². The molecule has 3 nitrogen and oxygen atoms in total. The van der Waals surface area contributed by atoms with Crippen LogP contribution in [0.3, 0.4) is 0 Å². The Labute approximate surface area is 137 Å². The van der Waals surface area contributed by atoms with Crippen LogP contribution in [0.2, 0.25) is 0 Å². The van der Waals surface area contributed by atoms with E-state index in [1.54, 1.807) is 0 Å². The Morgan fingerprint density at radius 2 is 2.05 bits per heavy atom. The Bertz CT molecular complexity index is 536. The Balaban J connectivity index is 0.00000220. The first-order valence-electron chi connectivity index (χ1n) is 6.86. The number of carbonyl (C=O) groups is 1. The number of piperidine rings is 1. The zero-order valence-electron chi connectivity index (χ0n) is 12.4. The third-order valence-corrected chi connectivity index (χ3v) is 3.76. The first-order chi connectivity index (χ1) is 9.60. The smallest absolute Gasteiger partial charge is 0.166 e. The summed E-state index contributed by atoms with van der Waals surface area (Å²) in [7, 11) is 4.07. The van der Waals surface area contributed by atoms with E-state index in [4.69, 9.17) is 12.2 Å². The SMILES string of the molecule is CN(C)Cc1ccc(C(=O)C2CCNC(=C=S)C2)cc1.Cl. The third kappa shape index (κ3) is 4.94. The summed E-state index contributed by atoms with van der Waals surface area (Å²) in [5, 5.41) is 5.88. The van der Waals surface area contributed by atoms with Crippen molar-refractivity contribution in [3.8, 4) is 0 Å². The van der Waals surface area contributed by atoms with Gasteiger partial charge in [-0.25, -0.2) is 0 Å². The number of hydrogen-bond donors (Lipinski definition) is 1. The van der Waals surface area contributed by atoms with E-state index in [9.17, 15) is 4.79 Å². The zero-order valence-corrected chi connectivity index (χ0v) is 14.0. The van der Waals surface area contributed by atoms with Gasteiger partial charge in [0.2, 0.25) is 0 Å². The Hall–Kier alpha value is -1.19. The molecule has 0 spiro atoms. The standard InChI is InChI=1S/C16H20N2OS.ClH/c1-18(2)10-12-3-5-13(6-4-12)16(19)14-7-8-17-15(9-14)11-20;/h3-6,14,17H,7-10H2,1-2H3;1H. The van der Waals surface area contributed by atoms with Crippen LogP contribution in [0.5, 0.6) is 0 Å². The highest BCUT2D eigenvalue weighted by atomic mass is 35.5. The second-order valence-corrected chi connectivity index (χ2v) is 5.70. The van der Waals surface area contributed by atoms with Crippen molar-refractivity contribution < 1.29 is 4.79 Å². The molecule has 1 N–H and O–H groups in total. The number of rotatable bonds is 4. The summed E-state index contributed by atoms with van der Waals surface area (Å²) in [5.41, 5.74) is 2.90. The van der Waals surface area contributed by atoms with E-state index in [-0.39, 0.29) is 24.1 Å². The van der Waals surface area contributed by atoms with Gasteiger partial charge in [-0.3, -0.25) is 4.79 Å². The summed E-state index contributed by atoms with van der Waals surface area (Å²) in [4.78, 5) is 14.6. The first kappa shape index (κ1) is 17.9. The highest BCUT2D eigenvalue weighted by Crippen LogP contribution is 2.22. The van der Waals surface area contributed by atoms with Crippen molar-refractivity contribution in [1.82, 2.24) is 10.2 Å². The average molecular weight is 325 g/mol. The van der Waals surface area contributed by atoms with E-state index in [1.165, 1.54) is 5.56 Å². The molecule has 2 rings (SSSR count). The summed E-state index contributed by atoms with van der Waals surface area (Å²) >= 11 is 4.82. The number of Topliss-reactive ketones (excluding diaryl/α,β-unsaturated/α-hetero) is 1. The van der Waals surface area contributed by atoms with Gasteiger partial charge in [0.1, 0.15) is 0 Å². The molecule has 0 amide bonds. The molecule has 0 saturated carbocycles. The molecule has 1 fully saturated rings. The molecule has 1 unspecified atom stereocenters. The summed E-state index contributed by atoms with van der Waals surface area (Å²) in [6, 6.07) is 7.93. The summed E-state index contributed by atoms with van der Waals surface area (Å²) in [6.07, 6.45) is 1.54. The van der Waals surface area contributed by atoms with Gasteiger partial charge in [-0.05, 0) is 43.3 Å². The van der Waals surface area contributed by atoms with Crippen LogP contribution >= 0.6 is 24.6 Å². The van der Waals surface area contributed by atoms with Crippen LogP contribution in [0, 0.1) is 5.92 Å². The van der Waals surface area contributed by atoms with Crippen molar-refractivity contribution in [2.75, 3.05) is 20.6 Å². The fourth-order valence-corrected chi connectivity index (χ4v) is 2.65. The molecule has 0 radical (unpaired) electrons. The average Bonchev–Trinajstić information content (AvgIpc) is 2.47. The maximum atomic E-state index is 12.5. The number of nitrogens with one attached hydrogen (secondary N) is 1. The first-order valence-corrected chi connectivity index (χ1v) is 7.26. The fourth-order valence-electron chi connectivity index (χ4n) is 2.49. The lowest BCUT2D eigenvalue weighted by atomic mass is 9.88. The lowest BCUT2D eigenvalue weighted by molar-refractivity contribution is 0.0904. The predicted octanol–water partition coefficient (Wildman–Crippen LogP) is 2.83. The highest BCUT2D eigenvalue weighted by molar-refractivity contribution is 7.78. The number of ketones is 1. The van der Waals surface area contributed by atoms with Gasteiger partial charge in [0, 0.05) is 31.0 Å². The van der Waals surface area contributed by atoms with Crippen molar-refractivity contribution in [3.63, 3.8) is 0 Å². The molecule has 0 aliphatic carbocycles. The minimum Gasteiger partial charge on any atom is -0.381 e. The number of benzene rings is 1. The minimum absolute atomic E-state index is 0. The number of allylic oxidation sites excluding steroid dienone is 1. The Kier molecular flexibility index (Phi) is 7.06. The van der Waals surface area contributed by atoms with Crippen LogP contribution in [0.25, 0.3) is 0 Å². The molecule has 5 heteroatoms. The molecule has 1 aromatic carbocycles. The van der Waals surface area contributed by atoms with Gasteiger partial charge >= 0.3 is 0 Å². The largest absolute Gasteiger partial charge is 0.381 e. The van der Waals surface area contributed by atoms with Gasteiger partial charge in [0.05, 0.1) is 5.70 Å². The van der Waals surface area contributed by atoms with Crippen molar-refractivity contribution in [2.45, 2.75) is 19.4 Å². The summed E-state index contributed by atoms with van der Waals surface area (Å²) in [6.45, 7) is 1.69. The van der Waals surface area contributed by atoms with Gasteiger partial charge in [-0.1, -0.05) is 24.3 Å². The highest BCUT2D eigenvalue weighted by Gasteiger charge is 2.24. The second-order valence-electron chi connectivity index (χ2n) is 5.50. The molecule has 0 aromatic heterocycles. The number of nitrogens with zero attached hydrogens (tertiary/aromatic N) is 1. The third-order valence-electron chi connectivity index (χ3n) is 3.51. The maximum absolute atomic E-state index is 12.5. The second kappa shape index (κ2) is 8.30. The number of halogens is 1. The summed E-state index contributed by atoms with van der Waals surface area (Å²) in [5.74, 6) is 0.243. The van der Waals surface area contributed by atoms with Crippen LogP contribution in [-0.4, -0.2) is 36.3 Å². The fraction of sp³-hybridized carbons (Fsp3) is 0.438. The molecule has 21 heavy (non-hydrogen) atoms. The molecule has 0 bridgehead atoms. The van der Waals surface area contributed by atoms with Crippen molar-refractivity contribution >= 4 is 35.4 Å². The molecular formula is C16H21ClN2OS. The monoisotopic (exact) mass is 324 g/mol. The molecule has 1 aliphatic heterocycles. The molecule has 114 valence electrons. The van der Waals surface area contributed by atoms with Crippen molar-refractivity contribution in [2.24, 2.45) is 5.92 Å². The molecule has 1 heterocycles. The Morgan fingerprint density at radius 1 is 1.38 bits per heavy atom. The van der Waals surface area contributed by atoms with Crippen LogP contribution < -0.4 is 5.32 Å². The van der Waals surface area contributed by atoms with E-state index in [0.717, 1.165) is 30.8 Å². The van der Waals surface area contributed by atoms with E-state index in [2.05, 4.69) is 15.2 Å². The molecule has 1 saturated heterocycles. The Morgan fingerprint density at radius 3 is 2.62 bits per heavy atom. The van der Waals surface area contributed by atoms with E-state index in [1.807, 2.05) is 38.4 Å². The lowest BCUT2D eigenvalue weighted by Crippen LogP contribution is -2.30. The molecule has 1 aromatic rings. The van der Waals surface area contributed by atoms with E-state index in [0.29, 0.717) is 6.42 Å². The topological polar surface area (TPSA) is 32.3 Å². The summed E-state index contributed by atoms with van der Waals surface area (Å²) < 4.78 is 0. The van der Waals surface area contributed by atoms with Gasteiger partial charge in [-0.15, -0.1) is 12.4 Å². The molecule has 1 aliphatic rings. The zero-order chi connectivity index (χ0) is 14.5. The van der Waals surface area contributed by atoms with Crippen LogP contribution in [0.15, 0.2) is 30.0 Å². The number of carbonyl (C=O) groups excluding carboxylic acids is 1. The normalized spacial score (nSPS) is 17.7. The maximum Gasteiger partial charge on any atom is 0.166 e. The van der Waals surface area contributed by atoms with Crippen LogP contribution in [0.4, 0.5) is 0 Å². The quantitative estimate of drug-likeness (QED) is 0.682. The van der Waals surface area contributed by atoms with Crippen LogP contribution in [0.1, 0.15) is 28.8 Å². The van der Waals surface area contributed by atoms with Gasteiger partial charge in [-0.2, -0.15) is 0 Å². The van der Waals surface area contributed by atoms with Crippen molar-refractivity contribution in [3.05, 3.63) is 41.1 Å². The van der Waals surface area contributed by atoms with Crippen LogP contribution in [-0.2, 0) is 6.54 Å². The van der Waals surface area contributed by atoms with E-state index < -0.39 is 0 Å². The molecule has 1 atom stereocenters. The van der Waals surface area contributed by atoms with Gasteiger partial charge < -0.3 is 10.2 Å². The van der Waals surface area contributed by atoms with Gasteiger partial charge in [0.15, 0.2) is 5.78 Å². The van der Waals surface area contributed by atoms with Gasteiger partial charge in [0.25, 0.3) is 0 Å². The lowest BCUT2D eigenvalue weighted by Gasteiger charge is -2.23. The molecular weight excluding hydrogens is 304 g/mol. The van der Waals surface area contributed by atoms with E-state index >= 15 is 0 Å². The predicted molar refractivity (Wildman–Crippen MR) is 92.2 cm³/mol.